The molecule has 6 nitrogen and oxygen atoms in total. The lowest BCUT2D eigenvalue weighted by molar-refractivity contribution is -0.0585. The zero-order chi connectivity index (χ0) is 16.8. The van der Waals surface area contributed by atoms with Crippen LogP contribution in [0, 0.1) is 0 Å². The van der Waals surface area contributed by atoms with Gasteiger partial charge in [-0.3, -0.25) is 0 Å². The molecule has 0 bridgehead atoms. The van der Waals surface area contributed by atoms with Crippen LogP contribution in [0.5, 0.6) is 0 Å². The van der Waals surface area contributed by atoms with Gasteiger partial charge >= 0.3 is 6.03 Å². The van der Waals surface area contributed by atoms with Crippen molar-refractivity contribution in [3.05, 3.63) is 21.9 Å². The van der Waals surface area contributed by atoms with Crippen molar-refractivity contribution in [3.8, 4) is 0 Å². The van der Waals surface area contributed by atoms with Crippen LogP contribution in [0.3, 0.4) is 0 Å². The summed E-state index contributed by atoms with van der Waals surface area (Å²) in [7, 11) is 0. The minimum atomic E-state index is 0.0801. The Hall–Kier alpha value is -1.44. The van der Waals surface area contributed by atoms with Crippen LogP contribution >= 0.6 is 22.9 Å². The van der Waals surface area contributed by atoms with E-state index >= 15 is 0 Å². The molecule has 128 valence electrons. The number of morpholine rings is 1. The van der Waals surface area contributed by atoms with Crippen LogP contribution in [-0.2, 0) is 17.7 Å². The highest BCUT2D eigenvalue weighted by atomic mass is 35.5. The Kier molecular flexibility index (Phi) is 4.10. The molecule has 4 heterocycles. The van der Waals surface area contributed by atoms with Gasteiger partial charge in [0.2, 0.25) is 0 Å². The second-order valence-electron chi connectivity index (χ2n) is 6.46. The predicted octanol–water partition coefficient (Wildman–Crippen LogP) is 2.93. The van der Waals surface area contributed by atoms with E-state index in [2.05, 4.69) is 9.97 Å². The lowest BCUT2D eigenvalue weighted by Crippen LogP contribution is -2.53. The van der Waals surface area contributed by atoms with Gasteiger partial charge in [0.1, 0.15) is 16.3 Å². The van der Waals surface area contributed by atoms with E-state index in [1.165, 1.54) is 16.8 Å². The molecule has 2 atom stereocenters. The van der Waals surface area contributed by atoms with Gasteiger partial charge in [-0.2, -0.15) is 0 Å². The number of thiophene rings is 1. The molecule has 4 rings (SSSR count). The first-order valence-electron chi connectivity index (χ1n) is 8.13. The molecule has 0 aromatic carbocycles. The summed E-state index contributed by atoms with van der Waals surface area (Å²) in [5, 5.41) is 1.47. The molecule has 1 fully saturated rings. The largest absolute Gasteiger partial charge is 0.372 e. The summed E-state index contributed by atoms with van der Waals surface area (Å²) in [5.41, 5.74) is 1.20. The number of hydrogen-bond donors (Lipinski definition) is 0. The normalized spacial score (nSPS) is 24.3. The van der Waals surface area contributed by atoms with Crippen molar-refractivity contribution in [2.24, 2.45) is 0 Å². The molecule has 0 saturated carbocycles. The van der Waals surface area contributed by atoms with E-state index in [4.69, 9.17) is 16.3 Å². The molecule has 0 N–H and O–H groups in total. The monoisotopic (exact) mass is 366 g/mol. The van der Waals surface area contributed by atoms with Crippen LogP contribution in [0.1, 0.15) is 24.3 Å². The Morgan fingerprint density at radius 3 is 2.79 bits per heavy atom. The van der Waals surface area contributed by atoms with E-state index in [-0.39, 0.29) is 18.2 Å². The fourth-order valence-corrected chi connectivity index (χ4v) is 5.09. The minimum Gasteiger partial charge on any atom is -0.372 e. The summed E-state index contributed by atoms with van der Waals surface area (Å²) in [6.07, 6.45) is 2.45. The van der Waals surface area contributed by atoms with Gasteiger partial charge in [0, 0.05) is 24.5 Å². The summed E-state index contributed by atoms with van der Waals surface area (Å²) >= 11 is 7.85. The number of fused-ring (bicyclic) bond motifs is 3. The number of nitrogens with zero attached hydrogens (tertiary/aromatic N) is 4. The Bertz CT molecular complexity index is 786. The molecule has 1 saturated heterocycles. The predicted molar refractivity (Wildman–Crippen MR) is 93.5 cm³/mol. The van der Waals surface area contributed by atoms with Gasteiger partial charge in [-0.05, 0) is 25.8 Å². The van der Waals surface area contributed by atoms with E-state index < -0.39 is 0 Å². The van der Waals surface area contributed by atoms with Gasteiger partial charge in [0.25, 0.3) is 0 Å². The molecule has 0 radical (unpaired) electrons. The number of hydrogen-bond acceptors (Lipinski definition) is 5. The standard InChI is InChI=1S/C16H19ClN4O2S/c1-9-5-21(6-10(2)23-9)16(22)20-4-3-11-12(7-20)24-15-13(11)14(17)18-8-19-15/h8-10H,3-7H2,1-2H3/t9-,10+. The number of halogens is 1. The summed E-state index contributed by atoms with van der Waals surface area (Å²) in [5.74, 6) is 0. The van der Waals surface area contributed by atoms with Crippen molar-refractivity contribution in [2.45, 2.75) is 39.0 Å². The van der Waals surface area contributed by atoms with Gasteiger partial charge in [0.05, 0.1) is 24.1 Å². The van der Waals surface area contributed by atoms with Crippen molar-refractivity contribution >= 4 is 39.2 Å². The minimum absolute atomic E-state index is 0.0801. The zero-order valence-corrected chi connectivity index (χ0v) is 15.2. The highest BCUT2D eigenvalue weighted by Crippen LogP contribution is 2.37. The molecule has 0 spiro atoms. The number of amides is 2. The Labute approximate surface area is 149 Å². The van der Waals surface area contributed by atoms with Crippen molar-refractivity contribution in [2.75, 3.05) is 19.6 Å². The third-order valence-electron chi connectivity index (χ3n) is 4.55. The smallest absolute Gasteiger partial charge is 0.320 e. The maximum atomic E-state index is 12.9. The van der Waals surface area contributed by atoms with Gasteiger partial charge < -0.3 is 14.5 Å². The number of carbonyl (C=O) groups excluding carboxylic acids is 1. The Morgan fingerprint density at radius 2 is 2.04 bits per heavy atom. The van der Waals surface area contributed by atoms with E-state index in [1.807, 2.05) is 23.6 Å². The van der Waals surface area contributed by atoms with Crippen molar-refractivity contribution in [1.29, 1.82) is 0 Å². The van der Waals surface area contributed by atoms with Gasteiger partial charge in [-0.1, -0.05) is 11.6 Å². The molecule has 2 aromatic heterocycles. The number of aromatic nitrogens is 2. The van der Waals surface area contributed by atoms with E-state index in [0.29, 0.717) is 31.3 Å². The first-order valence-corrected chi connectivity index (χ1v) is 9.32. The van der Waals surface area contributed by atoms with Crippen LogP contribution in [0.25, 0.3) is 10.2 Å². The zero-order valence-electron chi connectivity index (χ0n) is 13.7. The third kappa shape index (κ3) is 2.74. The molecule has 2 amide bonds. The molecular weight excluding hydrogens is 348 g/mol. The molecule has 2 aliphatic rings. The lowest BCUT2D eigenvalue weighted by Gasteiger charge is -2.39. The number of urea groups is 1. The van der Waals surface area contributed by atoms with Crippen LogP contribution < -0.4 is 0 Å². The molecule has 0 aliphatic carbocycles. The highest BCUT2D eigenvalue weighted by Gasteiger charge is 2.32. The van der Waals surface area contributed by atoms with Crippen molar-refractivity contribution in [1.82, 2.24) is 19.8 Å². The van der Waals surface area contributed by atoms with Crippen LogP contribution in [0.2, 0.25) is 5.15 Å². The van der Waals surface area contributed by atoms with E-state index in [0.717, 1.165) is 16.6 Å². The first-order chi connectivity index (χ1) is 11.5. The van der Waals surface area contributed by atoms with E-state index in [9.17, 15) is 4.79 Å². The average molecular weight is 367 g/mol. The fraction of sp³-hybridized carbons (Fsp3) is 0.562. The maximum Gasteiger partial charge on any atom is 0.320 e. The van der Waals surface area contributed by atoms with Gasteiger partial charge in [-0.15, -0.1) is 11.3 Å². The third-order valence-corrected chi connectivity index (χ3v) is 5.96. The maximum absolute atomic E-state index is 12.9. The quantitative estimate of drug-likeness (QED) is 0.673. The Balaban J connectivity index is 1.57. The van der Waals surface area contributed by atoms with Crippen molar-refractivity contribution < 1.29 is 9.53 Å². The average Bonchev–Trinajstić information content (AvgIpc) is 2.92. The first kappa shape index (κ1) is 16.1. The molecule has 2 aliphatic heterocycles. The molecular formula is C16H19ClN4O2S. The van der Waals surface area contributed by atoms with Crippen molar-refractivity contribution in [3.63, 3.8) is 0 Å². The highest BCUT2D eigenvalue weighted by molar-refractivity contribution is 7.19. The van der Waals surface area contributed by atoms with Crippen LogP contribution in [0.4, 0.5) is 4.79 Å². The molecule has 8 heteroatoms. The SMILES string of the molecule is C[C@@H]1CN(C(=O)N2CCc3c(sc4ncnc(Cl)c34)C2)C[C@H](C)O1. The summed E-state index contributed by atoms with van der Waals surface area (Å²) in [6, 6.07) is 0.0947. The number of carbonyl (C=O) groups is 1. The van der Waals surface area contributed by atoms with E-state index in [1.54, 1.807) is 11.3 Å². The van der Waals surface area contributed by atoms with Crippen LogP contribution in [0.15, 0.2) is 6.33 Å². The number of ether oxygens (including phenoxy) is 1. The Morgan fingerprint density at radius 1 is 1.29 bits per heavy atom. The second kappa shape index (κ2) is 6.13. The summed E-state index contributed by atoms with van der Waals surface area (Å²) in [6.45, 7) is 6.63. The molecule has 24 heavy (non-hydrogen) atoms. The molecule has 0 unspecified atom stereocenters. The summed E-state index contributed by atoms with van der Waals surface area (Å²) in [4.78, 5) is 27.2. The molecule has 2 aromatic rings. The lowest BCUT2D eigenvalue weighted by atomic mass is 10.1. The van der Waals surface area contributed by atoms with Gasteiger partial charge in [-0.25, -0.2) is 14.8 Å². The summed E-state index contributed by atoms with van der Waals surface area (Å²) < 4.78 is 5.72. The van der Waals surface area contributed by atoms with Crippen LogP contribution in [-0.4, -0.2) is 57.6 Å². The number of rotatable bonds is 0. The van der Waals surface area contributed by atoms with Gasteiger partial charge in [0.15, 0.2) is 0 Å². The second-order valence-corrected chi connectivity index (χ2v) is 7.91. The fourth-order valence-electron chi connectivity index (χ4n) is 3.59. The topological polar surface area (TPSA) is 58.6 Å².